The Morgan fingerprint density at radius 1 is 1.19 bits per heavy atom. The molecule has 1 unspecified atom stereocenters. The van der Waals surface area contributed by atoms with E-state index < -0.39 is 6.10 Å². The van der Waals surface area contributed by atoms with E-state index in [0.29, 0.717) is 5.56 Å². The largest absolute Gasteiger partial charge is 0.449 e. The Hall–Kier alpha value is -3.43. The van der Waals surface area contributed by atoms with Gasteiger partial charge in [-0.05, 0) is 35.9 Å². The van der Waals surface area contributed by atoms with Gasteiger partial charge in [-0.25, -0.2) is 0 Å². The molecule has 3 aromatic rings. The fourth-order valence-electron chi connectivity index (χ4n) is 2.84. The number of carbonyl (C=O) groups is 1. The molecule has 0 saturated heterocycles. The standard InChI is InChI=1S/C21H15N3O2S/c22-12-15-6-8-16(9-7-15)23-21-24-20-18(19(13-25)26-21)11-17(27-20)10-14-4-2-1-3-5-14/h1-9,11,13,19H,10H2,(H,23,24). The van der Waals surface area contributed by atoms with Crippen LogP contribution in [0.4, 0.5) is 10.7 Å². The highest BCUT2D eigenvalue weighted by molar-refractivity contribution is 7.16. The van der Waals surface area contributed by atoms with Crippen LogP contribution < -0.4 is 5.32 Å². The molecule has 1 aliphatic rings. The zero-order valence-corrected chi connectivity index (χ0v) is 15.1. The first-order valence-electron chi connectivity index (χ1n) is 8.39. The SMILES string of the molecule is N#Cc1ccc(NC2=Nc3sc(Cc4ccccc4)cc3C(C=O)O2)cc1. The van der Waals surface area contributed by atoms with Gasteiger partial charge in [-0.1, -0.05) is 30.3 Å². The number of amidine groups is 1. The fraction of sp³-hybridized carbons (Fsp3) is 0.0952. The molecule has 2 aromatic carbocycles. The Labute approximate surface area is 160 Å². The normalized spacial score (nSPS) is 15.1. The maximum Gasteiger partial charge on any atom is 0.296 e. The van der Waals surface area contributed by atoms with Crippen molar-refractivity contribution in [1.29, 1.82) is 5.26 Å². The molecule has 5 nitrogen and oxygen atoms in total. The third-order valence-corrected chi connectivity index (χ3v) is 5.19. The number of fused-ring (bicyclic) bond motifs is 1. The molecule has 1 N–H and O–H groups in total. The van der Waals surface area contributed by atoms with Crippen LogP contribution in [0.2, 0.25) is 0 Å². The lowest BCUT2D eigenvalue weighted by Crippen LogP contribution is -2.22. The van der Waals surface area contributed by atoms with Crippen molar-refractivity contribution >= 4 is 34.3 Å². The van der Waals surface area contributed by atoms with E-state index in [1.54, 1.807) is 35.6 Å². The Bertz CT molecular complexity index is 1030. The molecule has 1 aromatic heterocycles. The van der Waals surface area contributed by atoms with Gasteiger partial charge < -0.3 is 10.1 Å². The Kier molecular flexibility index (Phi) is 4.69. The van der Waals surface area contributed by atoms with Crippen molar-refractivity contribution in [3.05, 3.63) is 82.2 Å². The zero-order valence-electron chi connectivity index (χ0n) is 14.3. The third-order valence-electron chi connectivity index (χ3n) is 4.15. The maximum atomic E-state index is 11.5. The van der Waals surface area contributed by atoms with Crippen LogP contribution in [0.5, 0.6) is 0 Å². The van der Waals surface area contributed by atoms with Crippen molar-refractivity contribution in [2.24, 2.45) is 4.99 Å². The third kappa shape index (κ3) is 3.73. The van der Waals surface area contributed by atoms with Gasteiger partial charge in [0.2, 0.25) is 0 Å². The highest BCUT2D eigenvalue weighted by Crippen LogP contribution is 2.40. The summed E-state index contributed by atoms with van der Waals surface area (Å²) in [6.45, 7) is 0. The van der Waals surface area contributed by atoms with Crippen LogP contribution in [-0.4, -0.2) is 12.3 Å². The van der Waals surface area contributed by atoms with Gasteiger partial charge in [0.15, 0.2) is 12.4 Å². The molecule has 1 atom stereocenters. The van der Waals surface area contributed by atoms with Crippen LogP contribution in [-0.2, 0) is 16.0 Å². The lowest BCUT2D eigenvalue weighted by molar-refractivity contribution is -0.114. The minimum absolute atomic E-state index is 0.275. The number of carbonyl (C=O) groups excluding carboxylic acids is 1. The number of nitrogens with one attached hydrogen (secondary N) is 1. The number of nitrogens with zero attached hydrogens (tertiary/aromatic N) is 2. The molecule has 0 saturated carbocycles. The van der Waals surface area contributed by atoms with Gasteiger partial charge in [0.05, 0.1) is 11.6 Å². The number of ether oxygens (including phenoxy) is 1. The number of nitriles is 1. The molecule has 4 rings (SSSR count). The summed E-state index contributed by atoms with van der Waals surface area (Å²) in [6.07, 6.45) is 0.893. The zero-order chi connectivity index (χ0) is 18.6. The molecular weight excluding hydrogens is 358 g/mol. The van der Waals surface area contributed by atoms with Gasteiger partial charge in [0.1, 0.15) is 5.00 Å². The molecule has 0 fully saturated rings. The van der Waals surface area contributed by atoms with E-state index in [1.807, 2.05) is 24.3 Å². The molecule has 0 aliphatic carbocycles. The summed E-state index contributed by atoms with van der Waals surface area (Å²) in [4.78, 5) is 17.2. The van der Waals surface area contributed by atoms with Crippen molar-refractivity contribution in [3.63, 3.8) is 0 Å². The minimum atomic E-state index is -0.681. The summed E-state index contributed by atoms with van der Waals surface area (Å²) >= 11 is 1.56. The number of hydrogen-bond acceptors (Lipinski definition) is 6. The van der Waals surface area contributed by atoms with Crippen molar-refractivity contribution in [2.45, 2.75) is 12.5 Å². The molecule has 27 heavy (non-hydrogen) atoms. The lowest BCUT2D eigenvalue weighted by Gasteiger charge is -2.20. The summed E-state index contributed by atoms with van der Waals surface area (Å²) in [5, 5.41) is 12.7. The van der Waals surface area contributed by atoms with Gasteiger partial charge in [-0.15, -0.1) is 11.3 Å². The quantitative estimate of drug-likeness (QED) is 0.679. The number of rotatable bonds is 4. The Morgan fingerprint density at radius 3 is 2.67 bits per heavy atom. The van der Waals surface area contributed by atoms with E-state index in [1.165, 1.54) is 5.56 Å². The Balaban J connectivity index is 1.58. The summed E-state index contributed by atoms with van der Waals surface area (Å²) < 4.78 is 5.70. The van der Waals surface area contributed by atoms with E-state index in [2.05, 4.69) is 28.5 Å². The first-order chi connectivity index (χ1) is 13.2. The smallest absolute Gasteiger partial charge is 0.296 e. The molecule has 1 aliphatic heterocycles. The molecule has 2 heterocycles. The summed E-state index contributed by atoms with van der Waals surface area (Å²) in [5.41, 5.74) is 3.32. The minimum Gasteiger partial charge on any atom is -0.449 e. The van der Waals surface area contributed by atoms with Crippen LogP contribution in [0.3, 0.4) is 0 Å². The monoisotopic (exact) mass is 373 g/mol. The van der Waals surface area contributed by atoms with Gasteiger partial charge in [0.25, 0.3) is 6.02 Å². The number of benzene rings is 2. The lowest BCUT2D eigenvalue weighted by atomic mass is 10.1. The van der Waals surface area contributed by atoms with Crippen LogP contribution in [0.15, 0.2) is 65.7 Å². The highest BCUT2D eigenvalue weighted by atomic mass is 32.1. The number of hydrogen-bond donors (Lipinski definition) is 1. The molecule has 6 heteroatoms. The van der Waals surface area contributed by atoms with Crippen LogP contribution in [0, 0.1) is 11.3 Å². The second-order valence-corrected chi connectivity index (χ2v) is 7.16. The molecule has 0 bridgehead atoms. The van der Waals surface area contributed by atoms with Crippen LogP contribution in [0.1, 0.15) is 27.7 Å². The highest BCUT2D eigenvalue weighted by Gasteiger charge is 2.26. The second-order valence-electron chi connectivity index (χ2n) is 6.04. The predicted molar refractivity (Wildman–Crippen MR) is 105 cm³/mol. The summed E-state index contributed by atoms with van der Waals surface area (Å²) in [5.74, 6) is 0. The first kappa shape index (κ1) is 17.0. The number of aldehydes is 1. The summed E-state index contributed by atoms with van der Waals surface area (Å²) in [6, 6.07) is 21.5. The van der Waals surface area contributed by atoms with Gasteiger partial charge in [-0.2, -0.15) is 10.3 Å². The molecule has 0 radical (unpaired) electrons. The molecule has 132 valence electrons. The van der Waals surface area contributed by atoms with Crippen LogP contribution >= 0.6 is 11.3 Å². The van der Waals surface area contributed by atoms with E-state index in [-0.39, 0.29) is 6.02 Å². The van der Waals surface area contributed by atoms with Crippen LogP contribution in [0.25, 0.3) is 0 Å². The van der Waals surface area contributed by atoms with E-state index >= 15 is 0 Å². The van der Waals surface area contributed by atoms with Crippen molar-refractivity contribution in [3.8, 4) is 6.07 Å². The Morgan fingerprint density at radius 2 is 1.96 bits per heavy atom. The average Bonchev–Trinajstić information content (AvgIpc) is 3.11. The van der Waals surface area contributed by atoms with E-state index in [4.69, 9.17) is 10.00 Å². The number of anilines is 1. The molecular formula is C21H15N3O2S. The first-order valence-corrected chi connectivity index (χ1v) is 9.21. The topological polar surface area (TPSA) is 74.5 Å². The van der Waals surface area contributed by atoms with Crippen molar-refractivity contribution in [1.82, 2.24) is 0 Å². The number of aliphatic imine (C=N–C) groups is 1. The number of thiophene rings is 1. The van der Waals surface area contributed by atoms with Gasteiger partial charge in [-0.3, -0.25) is 4.79 Å². The molecule has 0 spiro atoms. The van der Waals surface area contributed by atoms with Gasteiger partial charge in [0, 0.05) is 22.5 Å². The van der Waals surface area contributed by atoms with Crippen molar-refractivity contribution < 1.29 is 9.53 Å². The molecule has 0 amide bonds. The van der Waals surface area contributed by atoms with E-state index in [9.17, 15) is 4.79 Å². The van der Waals surface area contributed by atoms with Gasteiger partial charge >= 0.3 is 0 Å². The fourth-order valence-corrected chi connectivity index (χ4v) is 3.93. The van der Waals surface area contributed by atoms with Crippen molar-refractivity contribution in [2.75, 3.05) is 5.32 Å². The van der Waals surface area contributed by atoms with E-state index in [0.717, 1.165) is 33.8 Å². The summed E-state index contributed by atoms with van der Waals surface area (Å²) in [7, 11) is 0. The second kappa shape index (κ2) is 7.44. The average molecular weight is 373 g/mol. The predicted octanol–water partition coefficient (Wildman–Crippen LogP) is 4.58. The maximum absolute atomic E-state index is 11.5.